The van der Waals surface area contributed by atoms with E-state index in [0.717, 1.165) is 19.5 Å². The Morgan fingerprint density at radius 1 is 1.50 bits per heavy atom. The highest BCUT2D eigenvalue weighted by Crippen LogP contribution is 2.33. The van der Waals surface area contributed by atoms with Crippen LogP contribution in [0.2, 0.25) is 0 Å². The zero-order valence-electron chi connectivity index (χ0n) is 10.6. The van der Waals surface area contributed by atoms with Crippen molar-refractivity contribution in [1.82, 2.24) is 4.90 Å². The van der Waals surface area contributed by atoms with Gasteiger partial charge in [-0.2, -0.15) is 0 Å². The normalized spacial score (nSPS) is 23.2. The monoisotopic (exact) mass is 242 g/mol. The van der Waals surface area contributed by atoms with E-state index in [1.807, 2.05) is 4.90 Å². The number of rotatable bonds is 2. The number of amides is 1. The summed E-state index contributed by atoms with van der Waals surface area (Å²) in [5.41, 5.74) is 5.77. The molecule has 0 aromatic carbocycles. The van der Waals surface area contributed by atoms with E-state index in [4.69, 9.17) is 18.0 Å². The largest absolute Gasteiger partial charge is 0.393 e. The van der Waals surface area contributed by atoms with Crippen LogP contribution in [0.15, 0.2) is 0 Å². The molecular formula is C12H22N2OS. The summed E-state index contributed by atoms with van der Waals surface area (Å²) in [5.74, 6) is 0.336. The summed E-state index contributed by atoms with van der Waals surface area (Å²) in [4.78, 5) is 14.2. The van der Waals surface area contributed by atoms with Gasteiger partial charge in [-0.15, -0.1) is 0 Å². The number of hydrogen-bond donors (Lipinski definition) is 1. The molecule has 0 aliphatic carbocycles. The third kappa shape index (κ3) is 2.94. The van der Waals surface area contributed by atoms with Crippen LogP contribution in [0, 0.1) is 17.3 Å². The number of nitrogens with two attached hydrogens (primary N) is 1. The maximum atomic E-state index is 12.0. The lowest BCUT2D eigenvalue weighted by atomic mass is 9.80. The quantitative estimate of drug-likeness (QED) is 0.751. The molecule has 0 spiro atoms. The summed E-state index contributed by atoms with van der Waals surface area (Å²) in [6.45, 7) is 10.1. The zero-order valence-corrected chi connectivity index (χ0v) is 11.4. The van der Waals surface area contributed by atoms with Gasteiger partial charge < -0.3 is 10.6 Å². The van der Waals surface area contributed by atoms with Gasteiger partial charge in [0.15, 0.2) is 0 Å². The molecule has 4 heteroatoms. The molecule has 3 nitrogen and oxygen atoms in total. The topological polar surface area (TPSA) is 46.3 Å². The molecule has 2 unspecified atom stereocenters. The molecule has 16 heavy (non-hydrogen) atoms. The number of thiocarbonyl (C=S) groups is 1. The van der Waals surface area contributed by atoms with Crippen LogP contribution >= 0.6 is 12.2 Å². The van der Waals surface area contributed by atoms with Gasteiger partial charge in [0.2, 0.25) is 5.91 Å². The minimum absolute atomic E-state index is 0.0826. The number of nitrogens with zero attached hydrogens (tertiary/aromatic N) is 1. The van der Waals surface area contributed by atoms with Crippen LogP contribution in [0.5, 0.6) is 0 Å². The predicted octanol–water partition coefficient (Wildman–Crippen LogP) is 1.80. The molecule has 0 aromatic heterocycles. The van der Waals surface area contributed by atoms with Crippen molar-refractivity contribution in [2.75, 3.05) is 13.1 Å². The van der Waals surface area contributed by atoms with Crippen molar-refractivity contribution in [3.05, 3.63) is 0 Å². The van der Waals surface area contributed by atoms with Gasteiger partial charge in [-0.1, -0.05) is 33.0 Å². The Hall–Kier alpha value is -0.640. The smallest absolute Gasteiger partial charge is 0.232 e. The molecule has 0 radical (unpaired) electrons. The second kappa shape index (κ2) is 4.70. The van der Waals surface area contributed by atoms with Crippen molar-refractivity contribution in [3.63, 3.8) is 0 Å². The fourth-order valence-corrected chi connectivity index (χ4v) is 2.16. The minimum atomic E-state index is -0.325. The fraction of sp³-hybridized carbons (Fsp3) is 0.833. The molecule has 0 bridgehead atoms. The zero-order chi connectivity index (χ0) is 12.5. The first-order valence-electron chi connectivity index (χ1n) is 5.81. The first-order chi connectivity index (χ1) is 7.23. The van der Waals surface area contributed by atoms with Crippen LogP contribution in [0.3, 0.4) is 0 Å². The summed E-state index contributed by atoms with van der Waals surface area (Å²) in [6, 6.07) is 0. The van der Waals surface area contributed by atoms with Crippen LogP contribution < -0.4 is 5.73 Å². The molecule has 0 saturated carbocycles. The molecule has 2 atom stereocenters. The first-order valence-corrected chi connectivity index (χ1v) is 6.22. The molecule has 1 saturated heterocycles. The van der Waals surface area contributed by atoms with Crippen LogP contribution in [0.25, 0.3) is 0 Å². The van der Waals surface area contributed by atoms with Crippen molar-refractivity contribution in [2.45, 2.75) is 34.1 Å². The fourth-order valence-electron chi connectivity index (χ4n) is 2.06. The van der Waals surface area contributed by atoms with Gasteiger partial charge in [0.25, 0.3) is 0 Å². The van der Waals surface area contributed by atoms with Crippen molar-refractivity contribution in [2.24, 2.45) is 23.0 Å². The van der Waals surface area contributed by atoms with Gasteiger partial charge in [0, 0.05) is 13.1 Å². The highest BCUT2D eigenvalue weighted by molar-refractivity contribution is 7.80. The molecule has 0 aromatic rings. The summed E-state index contributed by atoms with van der Waals surface area (Å²) < 4.78 is 0. The average molecular weight is 242 g/mol. The lowest BCUT2D eigenvalue weighted by molar-refractivity contribution is -0.132. The van der Waals surface area contributed by atoms with Crippen LogP contribution in [0.4, 0.5) is 0 Å². The van der Waals surface area contributed by atoms with E-state index in [2.05, 4.69) is 20.8 Å². The minimum Gasteiger partial charge on any atom is -0.393 e. The second-order valence-corrected chi connectivity index (χ2v) is 6.23. The molecule has 1 aliphatic heterocycles. The number of likely N-dealkylation sites (tertiary alicyclic amines) is 1. The molecular weight excluding hydrogens is 220 g/mol. The highest BCUT2D eigenvalue weighted by Gasteiger charge is 2.35. The van der Waals surface area contributed by atoms with E-state index >= 15 is 0 Å². The van der Waals surface area contributed by atoms with E-state index < -0.39 is 0 Å². The van der Waals surface area contributed by atoms with E-state index in [1.165, 1.54) is 0 Å². The highest BCUT2D eigenvalue weighted by atomic mass is 32.1. The third-order valence-electron chi connectivity index (χ3n) is 3.52. The molecule has 1 fully saturated rings. The van der Waals surface area contributed by atoms with Gasteiger partial charge >= 0.3 is 0 Å². The van der Waals surface area contributed by atoms with E-state index in [-0.39, 0.29) is 17.2 Å². The number of carbonyl (C=O) groups excluding carboxylic acids is 1. The predicted molar refractivity (Wildman–Crippen MR) is 70.1 cm³/mol. The van der Waals surface area contributed by atoms with E-state index in [9.17, 15) is 4.79 Å². The molecule has 1 heterocycles. The summed E-state index contributed by atoms with van der Waals surface area (Å²) in [7, 11) is 0. The standard InChI is InChI=1S/C12H22N2OS/c1-8(10(13)16)11(15)14-6-5-9(7-14)12(2,3)4/h8-9H,5-7H2,1-4H3,(H2,13,16). The lowest BCUT2D eigenvalue weighted by Gasteiger charge is -2.27. The van der Waals surface area contributed by atoms with Gasteiger partial charge in [-0.05, 0) is 24.7 Å². The van der Waals surface area contributed by atoms with Gasteiger partial charge in [-0.25, -0.2) is 0 Å². The second-order valence-electron chi connectivity index (χ2n) is 5.76. The van der Waals surface area contributed by atoms with Crippen LogP contribution in [-0.2, 0) is 4.79 Å². The Kier molecular flexibility index (Phi) is 3.94. The summed E-state index contributed by atoms with van der Waals surface area (Å²) in [5, 5.41) is 0. The Morgan fingerprint density at radius 2 is 2.06 bits per heavy atom. The average Bonchev–Trinajstić information content (AvgIpc) is 2.63. The van der Waals surface area contributed by atoms with E-state index in [0.29, 0.717) is 10.9 Å². The maximum absolute atomic E-state index is 12.0. The summed E-state index contributed by atoms with van der Waals surface area (Å²) in [6.07, 6.45) is 1.08. The van der Waals surface area contributed by atoms with Gasteiger partial charge in [0.1, 0.15) is 0 Å². The van der Waals surface area contributed by atoms with Gasteiger partial charge in [-0.3, -0.25) is 4.79 Å². The third-order valence-corrected chi connectivity index (χ3v) is 3.88. The number of carbonyl (C=O) groups is 1. The van der Waals surface area contributed by atoms with Crippen molar-refractivity contribution in [1.29, 1.82) is 0 Å². The van der Waals surface area contributed by atoms with Crippen molar-refractivity contribution < 1.29 is 4.79 Å². The molecule has 1 rings (SSSR count). The lowest BCUT2D eigenvalue weighted by Crippen LogP contribution is -2.39. The Morgan fingerprint density at radius 3 is 2.44 bits per heavy atom. The first kappa shape index (κ1) is 13.4. The SMILES string of the molecule is CC(C(=O)N1CCC(C(C)(C)C)C1)C(N)=S. The Bertz CT molecular complexity index is 296. The van der Waals surface area contributed by atoms with Crippen molar-refractivity contribution >= 4 is 23.1 Å². The van der Waals surface area contributed by atoms with Crippen molar-refractivity contribution in [3.8, 4) is 0 Å². The Balaban J connectivity index is 2.60. The Labute approximate surface area is 103 Å². The maximum Gasteiger partial charge on any atom is 0.232 e. The van der Waals surface area contributed by atoms with E-state index in [1.54, 1.807) is 6.92 Å². The molecule has 1 aliphatic rings. The van der Waals surface area contributed by atoms with Crippen LogP contribution in [-0.4, -0.2) is 28.9 Å². The number of hydrogen-bond acceptors (Lipinski definition) is 2. The molecule has 92 valence electrons. The molecule has 1 amide bonds. The summed E-state index contributed by atoms with van der Waals surface area (Å²) >= 11 is 4.86. The molecule has 2 N–H and O–H groups in total. The van der Waals surface area contributed by atoms with Crippen LogP contribution in [0.1, 0.15) is 34.1 Å². The van der Waals surface area contributed by atoms with Gasteiger partial charge in [0.05, 0.1) is 10.9 Å².